The Morgan fingerprint density at radius 1 is 1.00 bits per heavy atom. The molecule has 1 aliphatic heterocycles. The van der Waals surface area contributed by atoms with Gasteiger partial charge in [-0.15, -0.1) is 0 Å². The van der Waals surface area contributed by atoms with Crippen LogP contribution < -0.4 is 0 Å². The van der Waals surface area contributed by atoms with Gasteiger partial charge in [-0.2, -0.15) is 0 Å². The quantitative estimate of drug-likeness (QED) is 0.729. The van der Waals surface area contributed by atoms with Crippen LogP contribution in [0.3, 0.4) is 0 Å². The third-order valence-electron chi connectivity index (χ3n) is 4.94. The van der Waals surface area contributed by atoms with Crippen molar-refractivity contribution in [3.63, 3.8) is 0 Å². The van der Waals surface area contributed by atoms with Gasteiger partial charge >= 0.3 is 0 Å². The molecule has 0 unspecified atom stereocenters. The minimum absolute atomic E-state index is 0.158. The molecule has 1 aliphatic carbocycles. The van der Waals surface area contributed by atoms with E-state index in [0.717, 1.165) is 38.9 Å². The lowest BCUT2D eigenvalue weighted by atomic mass is 10.0. The van der Waals surface area contributed by atoms with Crippen LogP contribution in [0.15, 0.2) is 0 Å². The summed E-state index contributed by atoms with van der Waals surface area (Å²) in [6.07, 6.45) is 9.13. The molecule has 1 amide bonds. The van der Waals surface area contributed by atoms with Crippen molar-refractivity contribution in [1.82, 2.24) is 4.90 Å². The van der Waals surface area contributed by atoms with E-state index in [2.05, 4.69) is 13.8 Å². The molecule has 2 fully saturated rings. The molecule has 4 nitrogen and oxygen atoms in total. The van der Waals surface area contributed by atoms with Crippen molar-refractivity contribution >= 4 is 5.91 Å². The average molecular weight is 311 g/mol. The number of hydrogen-bond donors (Lipinski definition) is 0. The Kier molecular flexibility index (Phi) is 7.16. The zero-order valence-electron chi connectivity index (χ0n) is 14.6. The number of hydrogen-bond acceptors (Lipinski definition) is 3. The molecule has 2 aliphatic rings. The van der Waals surface area contributed by atoms with Crippen molar-refractivity contribution in [3.8, 4) is 0 Å². The fourth-order valence-electron chi connectivity index (χ4n) is 3.75. The van der Waals surface area contributed by atoms with Crippen LogP contribution >= 0.6 is 0 Å². The monoisotopic (exact) mass is 311 g/mol. The lowest BCUT2D eigenvalue weighted by Crippen LogP contribution is -2.51. The Balaban J connectivity index is 1.93. The highest BCUT2D eigenvalue weighted by molar-refractivity contribution is 5.81. The molecule has 0 aromatic rings. The molecule has 4 heteroatoms. The van der Waals surface area contributed by atoms with Gasteiger partial charge in [0.1, 0.15) is 6.10 Å². The number of carbonyl (C=O) groups excluding carboxylic acids is 1. The van der Waals surface area contributed by atoms with Crippen molar-refractivity contribution in [1.29, 1.82) is 0 Å². The van der Waals surface area contributed by atoms with Gasteiger partial charge in [-0.1, -0.05) is 25.7 Å². The summed E-state index contributed by atoms with van der Waals surface area (Å²) in [5.41, 5.74) is 0. The number of ether oxygens (including phenoxy) is 2. The zero-order chi connectivity index (χ0) is 15.9. The van der Waals surface area contributed by atoms with Gasteiger partial charge in [-0.25, -0.2) is 0 Å². The van der Waals surface area contributed by atoms with Crippen LogP contribution in [0.2, 0.25) is 0 Å². The van der Waals surface area contributed by atoms with Crippen LogP contribution in [-0.2, 0) is 14.3 Å². The zero-order valence-corrected chi connectivity index (χ0v) is 14.6. The first-order valence-corrected chi connectivity index (χ1v) is 9.15. The number of rotatable bonds is 5. The lowest BCUT2D eigenvalue weighted by Gasteiger charge is -2.39. The smallest absolute Gasteiger partial charge is 0.251 e. The molecule has 128 valence electrons. The second-order valence-corrected chi connectivity index (χ2v) is 7.07. The summed E-state index contributed by atoms with van der Waals surface area (Å²) in [6, 6.07) is 0.525. The van der Waals surface area contributed by atoms with E-state index in [-0.39, 0.29) is 24.2 Å². The Morgan fingerprint density at radius 3 is 2.14 bits per heavy atom. The molecule has 0 bridgehead atoms. The average Bonchev–Trinajstić information content (AvgIpc) is 2.76. The van der Waals surface area contributed by atoms with E-state index in [1.807, 2.05) is 11.8 Å². The molecule has 0 radical (unpaired) electrons. The Bertz CT molecular complexity index is 331. The topological polar surface area (TPSA) is 38.8 Å². The maximum absolute atomic E-state index is 12.9. The van der Waals surface area contributed by atoms with Gasteiger partial charge in [0.25, 0.3) is 5.91 Å². The maximum atomic E-state index is 12.9. The summed E-state index contributed by atoms with van der Waals surface area (Å²) in [6.45, 7) is 7.66. The van der Waals surface area contributed by atoms with Gasteiger partial charge < -0.3 is 14.4 Å². The molecule has 0 aromatic heterocycles. The summed E-state index contributed by atoms with van der Waals surface area (Å²) in [7, 11) is 0. The summed E-state index contributed by atoms with van der Waals surface area (Å²) in [4.78, 5) is 14.9. The highest BCUT2D eigenvalue weighted by atomic mass is 16.5. The highest BCUT2D eigenvalue weighted by Crippen LogP contribution is 2.23. The van der Waals surface area contributed by atoms with Crippen LogP contribution in [0.1, 0.15) is 72.1 Å². The van der Waals surface area contributed by atoms with Crippen molar-refractivity contribution in [3.05, 3.63) is 0 Å². The minimum atomic E-state index is -0.326. The Morgan fingerprint density at radius 2 is 1.59 bits per heavy atom. The summed E-state index contributed by atoms with van der Waals surface area (Å²) >= 11 is 0. The van der Waals surface area contributed by atoms with Crippen molar-refractivity contribution < 1.29 is 14.3 Å². The largest absolute Gasteiger partial charge is 0.381 e. The van der Waals surface area contributed by atoms with E-state index in [1.54, 1.807) is 0 Å². The van der Waals surface area contributed by atoms with Crippen LogP contribution in [0.25, 0.3) is 0 Å². The first-order chi connectivity index (χ1) is 10.6. The van der Waals surface area contributed by atoms with Crippen LogP contribution in [-0.4, -0.2) is 48.3 Å². The summed E-state index contributed by atoms with van der Waals surface area (Å²) < 4.78 is 11.6. The predicted octanol–water partition coefficient (Wildman–Crippen LogP) is 3.53. The van der Waals surface area contributed by atoms with E-state index in [9.17, 15) is 4.79 Å². The molecule has 0 N–H and O–H groups in total. The first-order valence-electron chi connectivity index (χ1n) is 9.15. The summed E-state index contributed by atoms with van der Waals surface area (Å²) in [5.74, 6) is 0.158. The fourth-order valence-corrected chi connectivity index (χ4v) is 3.75. The van der Waals surface area contributed by atoms with Gasteiger partial charge in [0, 0.05) is 25.3 Å². The van der Waals surface area contributed by atoms with E-state index in [0.29, 0.717) is 6.04 Å². The molecular weight excluding hydrogens is 278 g/mol. The third-order valence-corrected chi connectivity index (χ3v) is 4.94. The summed E-state index contributed by atoms with van der Waals surface area (Å²) in [5, 5.41) is 0. The highest BCUT2D eigenvalue weighted by Gasteiger charge is 2.32. The van der Waals surface area contributed by atoms with Crippen molar-refractivity contribution in [2.75, 3.05) is 13.2 Å². The normalized spacial score (nSPS) is 23.3. The second kappa shape index (κ2) is 8.88. The lowest BCUT2D eigenvalue weighted by molar-refractivity contribution is -0.153. The molecule has 22 heavy (non-hydrogen) atoms. The maximum Gasteiger partial charge on any atom is 0.251 e. The first kappa shape index (κ1) is 17.7. The molecule has 0 spiro atoms. The van der Waals surface area contributed by atoms with Gasteiger partial charge in [0.2, 0.25) is 0 Å². The van der Waals surface area contributed by atoms with Crippen LogP contribution in [0.4, 0.5) is 0 Å². The third kappa shape index (κ3) is 4.95. The Labute approximate surface area is 135 Å². The van der Waals surface area contributed by atoms with Gasteiger partial charge in [-0.05, 0) is 46.5 Å². The molecule has 2 rings (SSSR count). The van der Waals surface area contributed by atoms with Crippen LogP contribution in [0, 0.1) is 0 Å². The molecule has 1 atom stereocenters. The number of amides is 1. The number of nitrogens with zero attached hydrogens (tertiary/aromatic N) is 1. The SMILES string of the molecule is CC(C)N(C(=O)[C@@H](C)OC1CCCCCC1)C1CCOCC1. The fraction of sp³-hybridized carbons (Fsp3) is 0.944. The molecular formula is C18H33NO3. The molecule has 1 heterocycles. The van der Waals surface area contributed by atoms with E-state index in [4.69, 9.17) is 9.47 Å². The standard InChI is InChI=1S/C18H33NO3/c1-14(2)19(16-10-12-21-13-11-16)18(20)15(3)22-17-8-6-4-5-7-9-17/h14-17H,4-13H2,1-3H3/t15-/m1/s1. The van der Waals surface area contributed by atoms with Gasteiger partial charge in [-0.3, -0.25) is 4.79 Å². The van der Waals surface area contributed by atoms with Gasteiger partial charge in [0.05, 0.1) is 6.10 Å². The molecule has 1 saturated carbocycles. The predicted molar refractivity (Wildman–Crippen MR) is 87.9 cm³/mol. The molecule has 1 saturated heterocycles. The van der Waals surface area contributed by atoms with Crippen LogP contribution in [0.5, 0.6) is 0 Å². The van der Waals surface area contributed by atoms with E-state index >= 15 is 0 Å². The van der Waals surface area contributed by atoms with Crippen molar-refractivity contribution in [2.24, 2.45) is 0 Å². The number of carbonyl (C=O) groups is 1. The molecule has 0 aromatic carbocycles. The van der Waals surface area contributed by atoms with Gasteiger partial charge in [0.15, 0.2) is 0 Å². The van der Waals surface area contributed by atoms with E-state index < -0.39 is 0 Å². The Hall–Kier alpha value is -0.610. The minimum Gasteiger partial charge on any atom is -0.381 e. The van der Waals surface area contributed by atoms with Crippen molar-refractivity contribution in [2.45, 2.75) is 96.4 Å². The van der Waals surface area contributed by atoms with E-state index in [1.165, 1.54) is 25.7 Å². The second-order valence-electron chi connectivity index (χ2n) is 7.07.